The smallest absolute Gasteiger partial charge is 0.191 e. The van der Waals surface area contributed by atoms with E-state index in [0.29, 0.717) is 13.0 Å². The largest absolute Gasteiger partial charge is 0.417 e. The summed E-state index contributed by atoms with van der Waals surface area (Å²) < 4.78 is 6.13. The van der Waals surface area contributed by atoms with Crippen LogP contribution in [0.25, 0.3) is 0 Å². The van der Waals surface area contributed by atoms with Crippen LogP contribution in [-0.2, 0) is 9.22 Å². The number of benzene rings is 1. The maximum Gasteiger partial charge on any atom is 0.191 e. The fraction of sp³-hybridized carbons (Fsp3) is 0.500. The van der Waals surface area contributed by atoms with Gasteiger partial charge in [-0.3, -0.25) is 4.79 Å². The number of carbonyl (C=O) groups is 1. The van der Waals surface area contributed by atoms with Crippen LogP contribution >= 0.6 is 0 Å². The zero-order valence-electron chi connectivity index (χ0n) is 16.5. The molecule has 0 saturated heterocycles. The second-order valence-electron chi connectivity index (χ2n) is 8.10. The summed E-state index contributed by atoms with van der Waals surface area (Å²) >= 11 is 0. The van der Waals surface area contributed by atoms with Crippen molar-refractivity contribution in [1.82, 2.24) is 0 Å². The fourth-order valence-electron chi connectivity index (χ4n) is 2.39. The van der Waals surface area contributed by atoms with Crippen molar-refractivity contribution in [3.05, 3.63) is 60.7 Å². The molecule has 2 nitrogen and oxygen atoms in total. The Morgan fingerprint density at radius 2 is 1.88 bits per heavy atom. The maximum absolute atomic E-state index is 12.3. The van der Waals surface area contributed by atoms with E-state index in [2.05, 4.69) is 52.6 Å². The molecule has 0 aliphatic rings. The summed E-state index contributed by atoms with van der Waals surface area (Å²) in [4.78, 5) is 12.3. The van der Waals surface area contributed by atoms with Gasteiger partial charge in [0.15, 0.2) is 14.1 Å². The molecule has 0 amide bonds. The number of carbonyl (C=O) groups excluding carboxylic acids is 1. The topological polar surface area (TPSA) is 26.3 Å². The van der Waals surface area contributed by atoms with Gasteiger partial charge in [-0.15, -0.1) is 6.58 Å². The summed E-state index contributed by atoms with van der Waals surface area (Å²) in [7, 11) is -1.69. The minimum atomic E-state index is -1.69. The molecule has 1 rings (SSSR count). The first-order chi connectivity index (χ1) is 11.7. The molecule has 1 aromatic carbocycles. The highest BCUT2D eigenvalue weighted by atomic mass is 28.4. The lowest BCUT2D eigenvalue weighted by Gasteiger charge is -2.36. The molecule has 0 aromatic heterocycles. The van der Waals surface area contributed by atoms with E-state index in [1.165, 1.54) is 5.56 Å². The molecule has 0 fully saturated rings. The molecular weight excluding hydrogens is 324 g/mol. The van der Waals surface area contributed by atoms with E-state index < -0.39 is 8.32 Å². The molecule has 0 bridgehead atoms. The summed E-state index contributed by atoms with van der Waals surface area (Å²) in [6.45, 7) is 15.7. The highest BCUT2D eigenvalue weighted by Gasteiger charge is 2.36. The van der Waals surface area contributed by atoms with Gasteiger partial charge in [0.2, 0.25) is 0 Å². The molecule has 3 heteroatoms. The third kappa shape index (κ3) is 7.53. The predicted molar refractivity (Wildman–Crippen MR) is 111 cm³/mol. The summed E-state index contributed by atoms with van der Waals surface area (Å²) in [6, 6.07) is 10.2. The lowest BCUT2D eigenvalue weighted by molar-refractivity contribution is -0.115. The molecule has 0 spiro atoms. The van der Waals surface area contributed by atoms with E-state index in [4.69, 9.17) is 4.43 Å². The highest BCUT2D eigenvalue weighted by Crippen LogP contribution is 2.36. The van der Waals surface area contributed by atoms with Crippen LogP contribution in [-0.4, -0.2) is 20.7 Å². The molecule has 1 unspecified atom stereocenters. The summed E-state index contributed by atoms with van der Waals surface area (Å²) in [5, 5.41) is 0.222. The van der Waals surface area contributed by atoms with E-state index in [1.807, 2.05) is 30.4 Å². The maximum atomic E-state index is 12.3. The molecule has 0 aliphatic heterocycles. The monoisotopic (exact) mass is 358 g/mol. The number of hydrogen-bond donors (Lipinski definition) is 0. The predicted octanol–water partition coefficient (Wildman–Crippen LogP) is 6.27. The fourth-order valence-corrected chi connectivity index (χ4v) is 3.45. The van der Waals surface area contributed by atoms with Crippen LogP contribution in [0.2, 0.25) is 18.1 Å². The first kappa shape index (κ1) is 21.6. The van der Waals surface area contributed by atoms with Gasteiger partial charge in [0.1, 0.15) is 0 Å². The summed E-state index contributed by atoms with van der Waals surface area (Å²) in [5.41, 5.74) is 1.20. The van der Waals surface area contributed by atoms with Crippen LogP contribution < -0.4 is 0 Å². The Hall–Kier alpha value is -1.45. The van der Waals surface area contributed by atoms with Gasteiger partial charge in [0.05, 0.1) is 0 Å². The third-order valence-electron chi connectivity index (χ3n) is 5.03. The number of rotatable bonds is 10. The molecule has 0 N–H and O–H groups in total. The van der Waals surface area contributed by atoms with Crippen molar-refractivity contribution < 1.29 is 9.22 Å². The van der Waals surface area contributed by atoms with Crippen LogP contribution in [0.15, 0.2) is 55.1 Å². The second kappa shape index (κ2) is 9.88. The lowest BCUT2D eigenvalue weighted by Crippen LogP contribution is -2.40. The van der Waals surface area contributed by atoms with Crippen LogP contribution in [0, 0.1) is 0 Å². The van der Waals surface area contributed by atoms with Crippen LogP contribution in [0.4, 0.5) is 0 Å². The van der Waals surface area contributed by atoms with Crippen molar-refractivity contribution in [2.45, 2.75) is 64.1 Å². The van der Waals surface area contributed by atoms with E-state index in [0.717, 1.165) is 12.8 Å². The first-order valence-corrected chi connectivity index (χ1v) is 12.1. The zero-order chi connectivity index (χ0) is 18.9. The van der Waals surface area contributed by atoms with E-state index in [9.17, 15) is 4.79 Å². The minimum absolute atomic E-state index is 0.169. The Balaban J connectivity index is 2.47. The van der Waals surface area contributed by atoms with Crippen LogP contribution in [0.5, 0.6) is 0 Å². The van der Waals surface area contributed by atoms with Gasteiger partial charge < -0.3 is 4.43 Å². The lowest BCUT2D eigenvalue weighted by atomic mass is 9.90. The average Bonchev–Trinajstić information content (AvgIpc) is 2.54. The third-order valence-corrected chi connectivity index (χ3v) is 9.57. The second-order valence-corrected chi connectivity index (χ2v) is 12.9. The first-order valence-electron chi connectivity index (χ1n) is 9.16. The Bertz CT molecular complexity index is 567. The van der Waals surface area contributed by atoms with E-state index in [-0.39, 0.29) is 16.7 Å². The van der Waals surface area contributed by atoms with E-state index >= 15 is 0 Å². The van der Waals surface area contributed by atoms with Crippen molar-refractivity contribution >= 4 is 14.1 Å². The Morgan fingerprint density at radius 3 is 2.44 bits per heavy atom. The van der Waals surface area contributed by atoms with Crippen molar-refractivity contribution in [2.24, 2.45) is 0 Å². The SMILES string of the molecule is C=CCC(CC(=O)/C=C/CCO[Si](C)(C)C(C)(C)C)c1ccccc1. The number of ketones is 1. The van der Waals surface area contributed by atoms with Gasteiger partial charge in [-0.2, -0.15) is 0 Å². The van der Waals surface area contributed by atoms with Crippen LogP contribution in [0.1, 0.15) is 51.5 Å². The molecular formula is C22H34O2Si. The van der Waals surface area contributed by atoms with Crippen molar-refractivity contribution in [3.8, 4) is 0 Å². The molecule has 1 aromatic rings. The number of allylic oxidation sites excluding steroid dienone is 2. The Labute approximate surface area is 155 Å². The quantitative estimate of drug-likeness (QED) is 0.213. The zero-order valence-corrected chi connectivity index (χ0v) is 17.5. The summed E-state index contributed by atoms with van der Waals surface area (Å²) in [5.74, 6) is 0.377. The normalized spacial score (nSPS) is 13.8. The molecule has 1 atom stereocenters. The van der Waals surface area contributed by atoms with Gasteiger partial charge in [0, 0.05) is 13.0 Å². The Morgan fingerprint density at radius 1 is 1.24 bits per heavy atom. The standard InChI is InChI=1S/C22H34O2Si/c1-7-13-20(19-14-9-8-10-15-19)18-21(23)16-11-12-17-24-25(5,6)22(2,3)4/h7-11,14-16,20H,1,12-13,17-18H2,2-6H3/b16-11+. The van der Waals surface area contributed by atoms with Crippen molar-refractivity contribution in [1.29, 1.82) is 0 Å². The molecule has 0 saturated carbocycles. The van der Waals surface area contributed by atoms with Gasteiger partial charge in [0.25, 0.3) is 0 Å². The molecule has 0 heterocycles. The van der Waals surface area contributed by atoms with Crippen molar-refractivity contribution in [3.63, 3.8) is 0 Å². The molecule has 25 heavy (non-hydrogen) atoms. The van der Waals surface area contributed by atoms with Gasteiger partial charge in [-0.25, -0.2) is 0 Å². The number of hydrogen-bond acceptors (Lipinski definition) is 2. The summed E-state index contributed by atoms with van der Waals surface area (Å²) in [6.07, 6.45) is 7.69. The molecule has 138 valence electrons. The molecule has 0 radical (unpaired) electrons. The molecule has 0 aliphatic carbocycles. The average molecular weight is 359 g/mol. The van der Waals surface area contributed by atoms with Crippen LogP contribution in [0.3, 0.4) is 0 Å². The van der Waals surface area contributed by atoms with Gasteiger partial charge in [-0.1, -0.05) is 63.3 Å². The van der Waals surface area contributed by atoms with Gasteiger partial charge >= 0.3 is 0 Å². The Kier molecular flexibility index (Phi) is 8.53. The van der Waals surface area contributed by atoms with Crippen molar-refractivity contribution in [2.75, 3.05) is 6.61 Å². The minimum Gasteiger partial charge on any atom is -0.417 e. The highest BCUT2D eigenvalue weighted by molar-refractivity contribution is 6.74. The van der Waals surface area contributed by atoms with Gasteiger partial charge in [-0.05, 0) is 48.5 Å². The van der Waals surface area contributed by atoms with E-state index in [1.54, 1.807) is 6.08 Å².